The Labute approximate surface area is 174 Å². The summed E-state index contributed by atoms with van der Waals surface area (Å²) in [6.07, 6.45) is 1.21. The second-order valence-corrected chi connectivity index (χ2v) is 8.75. The predicted octanol–water partition coefficient (Wildman–Crippen LogP) is 4.70. The van der Waals surface area contributed by atoms with Crippen molar-refractivity contribution in [2.75, 3.05) is 5.32 Å². The van der Waals surface area contributed by atoms with Gasteiger partial charge in [-0.25, -0.2) is 0 Å². The number of Topliss-reactive ketones (excluding diaryl/α,β-unsaturated/α-hetero) is 1. The molecule has 1 aromatic heterocycles. The molecule has 0 bridgehead atoms. The first-order chi connectivity index (χ1) is 14.4. The van der Waals surface area contributed by atoms with E-state index in [2.05, 4.69) is 29.4 Å². The van der Waals surface area contributed by atoms with Crippen LogP contribution in [0.5, 0.6) is 11.5 Å². The number of anilines is 1. The fourth-order valence-electron chi connectivity index (χ4n) is 4.53. The molecule has 30 heavy (non-hydrogen) atoms. The molecular weight excluding hydrogens is 378 g/mol. The van der Waals surface area contributed by atoms with E-state index in [0.29, 0.717) is 29.1 Å². The van der Waals surface area contributed by atoms with Crippen molar-refractivity contribution in [2.45, 2.75) is 32.6 Å². The van der Waals surface area contributed by atoms with Crippen molar-refractivity contribution >= 4 is 11.6 Å². The van der Waals surface area contributed by atoms with Gasteiger partial charge in [0.05, 0.1) is 5.56 Å². The van der Waals surface area contributed by atoms with Crippen LogP contribution in [0.3, 0.4) is 0 Å². The molecule has 5 rings (SSSR count). The lowest BCUT2D eigenvalue weighted by Gasteiger charge is -2.37. The highest BCUT2D eigenvalue weighted by Crippen LogP contribution is 2.47. The van der Waals surface area contributed by atoms with Crippen LogP contribution in [-0.4, -0.2) is 16.0 Å². The van der Waals surface area contributed by atoms with Crippen LogP contribution in [0.4, 0.5) is 5.82 Å². The Morgan fingerprint density at radius 3 is 2.50 bits per heavy atom. The Bertz CT molecular complexity index is 1220. The SMILES string of the molecule is CC1(C)CC(=O)C2=C(C1)Nc1[nH][nH]c(=O)c1C2c1cccc(Oc2ccccc2)c1. The molecule has 0 spiro atoms. The van der Waals surface area contributed by atoms with Crippen molar-refractivity contribution in [1.82, 2.24) is 10.2 Å². The number of aromatic amines is 2. The third-order valence-electron chi connectivity index (χ3n) is 5.76. The number of para-hydroxylation sites is 1. The second kappa shape index (κ2) is 6.76. The Morgan fingerprint density at radius 1 is 0.933 bits per heavy atom. The van der Waals surface area contributed by atoms with Crippen molar-refractivity contribution in [3.05, 3.63) is 87.3 Å². The predicted molar refractivity (Wildman–Crippen MR) is 115 cm³/mol. The molecule has 0 saturated heterocycles. The summed E-state index contributed by atoms with van der Waals surface area (Å²) >= 11 is 0. The first-order valence-electron chi connectivity index (χ1n) is 10.1. The molecule has 1 aliphatic carbocycles. The summed E-state index contributed by atoms with van der Waals surface area (Å²) in [6, 6.07) is 17.2. The third kappa shape index (κ3) is 3.14. The van der Waals surface area contributed by atoms with E-state index in [1.807, 2.05) is 54.6 Å². The summed E-state index contributed by atoms with van der Waals surface area (Å²) < 4.78 is 6.00. The van der Waals surface area contributed by atoms with Crippen LogP contribution in [0.1, 0.15) is 43.7 Å². The summed E-state index contributed by atoms with van der Waals surface area (Å²) in [4.78, 5) is 25.8. The lowest BCUT2D eigenvalue weighted by Crippen LogP contribution is -2.34. The first-order valence-corrected chi connectivity index (χ1v) is 10.1. The van der Waals surface area contributed by atoms with Gasteiger partial charge in [0.1, 0.15) is 17.3 Å². The molecule has 3 aromatic rings. The van der Waals surface area contributed by atoms with Gasteiger partial charge in [-0.3, -0.25) is 19.8 Å². The van der Waals surface area contributed by atoms with E-state index in [4.69, 9.17) is 4.74 Å². The molecule has 2 heterocycles. The van der Waals surface area contributed by atoms with E-state index in [1.165, 1.54) is 0 Å². The molecule has 1 atom stereocenters. The van der Waals surface area contributed by atoms with Gasteiger partial charge in [-0.1, -0.05) is 44.2 Å². The number of benzene rings is 2. The topological polar surface area (TPSA) is 87.0 Å². The van der Waals surface area contributed by atoms with Gasteiger partial charge in [0.15, 0.2) is 5.78 Å². The van der Waals surface area contributed by atoms with Gasteiger partial charge in [0, 0.05) is 23.6 Å². The summed E-state index contributed by atoms with van der Waals surface area (Å²) in [5, 5.41) is 8.90. The van der Waals surface area contributed by atoms with Crippen LogP contribution >= 0.6 is 0 Å². The Balaban J connectivity index is 1.62. The Morgan fingerprint density at radius 2 is 1.70 bits per heavy atom. The fourth-order valence-corrected chi connectivity index (χ4v) is 4.53. The molecule has 2 aliphatic rings. The standard InChI is InChI=1S/C24H23N3O3/c1-24(2)12-17-20(18(28)13-24)19(21-22(25-17)26-27-23(21)29)14-7-6-10-16(11-14)30-15-8-4-3-5-9-15/h3-11,19H,12-13H2,1-2H3,(H3,25,26,27,29). The number of ether oxygens (including phenoxy) is 1. The van der Waals surface area contributed by atoms with Crippen molar-refractivity contribution < 1.29 is 9.53 Å². The molecule has 0 amide bonds. The number of hydrogen-bond donors (Lipinski definition) is 3. The molecular formula is C24H23N3O3. The number of carbonyl (C=O) groups excluding carboxylic acids is 1. The first kappa shape index (κ1) is 18.5. The van der Waals surface area contributed by atoms with Gasteiger partial charge in [-0.2, -0.15) is 0 Å². The number of aromatic nitrogens is 2. The molecule has 0 radical (unpaired) electrons. The minimum absolute atomic E-state index is 0.0828. The van der Waals surface area contributed by atoms with Gasteiger partial charge in [-0.15, -0.1) is 0 Å². The number of H-pyrrole nitrogens is 2. The highest BCUT2D eigenvalue weighted by molar-refractivity contribution is 6.01. The number of hydrogen-bond acceptors (Lipinski definition) is 4. The van der Waals surface area contributed by atoms with E-state index in [-0.39, 0.29) is 16.8 Å². The van der Waals surface area contributed by atoms with Crippen molar-refractivity contribution in [3.63, 3.8) is 0 Å². The van der Waals surface area contributed by atoms with Crippen LogP contribution < -0.4 is 15.6 Å². The maximum absolute atomic E-state index is 13.2. The normalized spacial score (nSPS) is 19.7. The number of ketones is 1. The average Bonchev–Trinajstić information content (AvgIpc) is 3.07. The molecule has 6 heteroatoms. The van der Waals surface area contributed by atoms with Gasteiger partial charge >= 0.3 is 0 Å². The van der Waals surface area contributed by atoms with Crippen LogP contribution in [-0.2, 0) is 4.79 Å². The van der Waals surface area contributed by atoms with E-state index in [1.54, 1.807) is 0 Å². The molecule has 1 aliphatic heterocycles. The molecule has 0 saturated carbocycles. The fraction of sp³-hybridized carbons (Fsp3) is 0.250. The maximum atomic E-state index is 13.2. The molecule has 152 valence electrons. The summed E-state index contributed by atoms with van der Waals surface area (Å²) in [7, 11) is 0. The van der Waals surface area contributed by atoms with Crippen LogP contribution in [0, 0.1) is 5.41 Å². The minimum atomic E-state index is -0.436. The second-order valence-electron chi connectivity index (χ2n) is 8.75. The maximum Gasteiger partial charge on any atom is 0.270 e. The number of fused-ring (bicyclic) bond motifs is 1. The Hall–Kier alpha value is -3.54. The molecule has 6 nitrogen and oxygen atoms in total. The summed E-state index contributed by atoms with van der Waals surface area (Å²) in [6.45, 7) is 4.18. The average molecular weight is 401 g/mol. The third-order valence-corrected chi connectivity index (χ3v) is 5.76. The van der Waals surface area contributed by atoms with Crippen LogP contribution in [0.25, 0.3) is 0 Å². The van der Waals surface area contributed by atoms with E-state index in [9.17, 15) is 9.59 Å². The number of allylic oxidation sites excluding steroid dienone is 2. The molecule has 3 N–H and O–H groups in total. The van der Waals surface area contributed by atoms with Crippen LogP contribution in [0.2, 0.25) is 0 Å². The largest absolute Gasteiger partial charge is 0.457 e. The number of rotatable bonds is 3. The summed E-state index contributed by atoms with van der Waals surface area (Å²) in [5.74, 6) is 1.67. The lowest BCUT2D eigenvalue weighted by molar-refractivity contribution is -0.118. The zero-order valence-electron chi connectivity index (χ0n) is 16.9. The van der Waals surface area contributed by atoms with Gasteiger partial charge < -0.3 is 10.1 Å². The van der Waals surface area contributed by atoms with Crippen molar-refractivity contribution in [2.24, 2.45) is 5.41 Å². The summed E-state index contributed by atoms with van der Waals surface area (Å²) in [5.41, 5.74) is 2.62. The van der Waals surface area contributed by atoms with E-state index >= 15 is 0 Å². The lowest BCUT2D eigenvalue weighted by atomic mass is 9.69. The van der Waals surface area contributed by atoms with Crippen molar-refractivity contribution in [3.8, 4) is 11.5 Å². The van der Waals surface area contributed by atoms with E-state index < -0.39 is 5.92 Å². The molecule has 1 unspecified atom stereocenters. The number of nitrogens with one attached hydrogen (secondary N) is 3. The molecule has 0 fully saturated rings. The zero-order chi connectivity index (χ0) is 20.9. The Kier molecular flexibility index (Phi) is 4.17. The van der Waals surface area contributed by atoms with Crippen molar-refractivity contribution in [1.29, 1.82) is 0 Å². The zero-order valence-corrected chi connectivity index (χ0v) is 16.9. The molecule has 2 aromatic carbocycles. The van der Waals surface area contributed by atoms with Gasteiger partial charge in [0.25, 0.3) is 5.56 Å². The number of carbonyl (C=O) groups is 1. The van der Waals surface area contributed by atoms with Gasteiger partial charge in [0.2, 0.25) is 0 Å². The van der Waals surface area contributed by atoms with Gasteiger partial charge in [-0.05, 0) is 41.7 Å². The highest BCUT2D eigenvalue weighted by atomic mass is 16.5. The monoisotopic (exact) mass is 401 g/mol. The van der Waals surface area contributed by atoms with Crippen LogP contribution in [0.15, 0.2) is 70.7 Å². The highest BCUT2D eigenvalue weighted by Gasteiger charge is 2.42. The minimum Gasteiger partial charge on any atom is -0.457 e. The quantitative estimate of drug-likeness (QED) is 0.594. The smallest absolute Gasteiger partial charge is 0.270 e. The van der Waals surface area contributed by atoms with E-state index in [0.717, 1.165) is 23.4 Å².